The van der Waals surface area contributed by atoms with Gasteiger partial charge in [-0.3, -0.25) is 9.52 Å². The molecule has 2 aliphatic rings. The van der Waals surface area contributed by atoms with E-state index in [1.54, 1.807) is 15.5 Å². The van der Waals surface area contributed by atoms with Crippen LogP contribution >= 0.6 is 11.6 Å². The molecule has 1 atom stereocenters. The number of piperidine rings is 1. The van der Waals surface area contributed by atoms with Gasteiger partial charge in [0.05, 0.1) is 35.3 Å². The number of carbonyl (C=O) groups is 2. The van der Waals surface area contributed by atoms with Crippen molar-refractivity contribution in [2.75, 3.05) is 35.5 Å². The van der Waals surface area contributed by atoms with Crippen molar-refractivity contribution in [3.8, 4) is 0 Å². The molecule has 2 fully saturated rings. The lowest BCUT2D eigenvalue weighted by molar-refractivity contribution is 0.0495. The van der Waals surface area contributed by atoms with E-state index in [0.717, 1.165) is 30.6 Å². The summed E-state index contributed by atoms with van der Waals surface area (Å²) in [6.45, 7) is 9.06. The Kier molecular flexibility index (Phi) is 8.01. The van der Waals surface area contributed by atoms with Crippen LogP contribution in [0, 0.1) is 6.92 Å². The van der Waals surface area contributed by atoms with Crippen LogP contribution in [-0.2, 0) is 14.8 Å². The summed E-state index contributed by atoms with van der Waals surface area (Å²) in [7, 11) is -3.62. The van der Waals surface area contributed by atoms with Gasteiger partial charge in [0.1, 0.15) is 11.4 Å². The van der Waals surface area contributed by atoms with Gasteiger partial charge in [-0.05, 0) is 65.2 Å². The van der Waals surface area contributed by atoms with Gasteiger partial charge >= 0.3 is 6.09 Å². The van der Waals surface area contributed by atoms with E-state index < -0.39 is 21.7 Å². The number of alkyl carbamates (subject to hydrolysis) is 1. The number of hydrogen-bond acceptors (Lipinski definition) is 8. The number of nitrogens with zero attached hydrogens (tertiary/aromatic N) is 5. The maximum absolute atomic E-state index is 13.9. The summed E-state index contributed by atoms with van der Waals surface area (Å²) in [5.41, 5.74) is 1.97. The van der Waals surface area contributed by atoms with Gasteiger partial charge in [-0.1, -0.05) is 11.6 Å². The van der Waals surface area contributed by atoms with E-state index in [-0.39, 0.29) is 29.2 Å². The number of hydrogen-bond donors (Lipinski definition) is 2. The quantitative estimate of drug-likeness (QED) is 0.421. The average molecular weight is 618 g/mol. The van der Waals surface area contributed by atoms with Gasteiger partial charge in [0.15, 0.2) is 5.65 Å². The fraction of sp³-hybridized carbons (Fsp3) is 0.500. The third-order valence-electron chi connectivity index (χ3n) is 7.09. The third-order valence-corrected chi connectivity index (χ3v) is 7.92. The Hall–Kier alpha value is -3.58. The van der Waals surface area contributed by atoms with Crippen LogP contribution in [0.2, 0.25) is 5.02 Å². The zero-order valence-corrected chi connectivity index (χ0v) is 25.9. The molecule has 5 rings (SSSR count). The molecule has 0 bridgehead atoms. The molecule has 2 amide bonds. The van der Waals surface area contributed by atoms with Gasteiger partial charge in [0.2, 0.25) is 10.0 Å². The van der Waals surface area contributed by atoms with E-state index >= 15 is 0 Å². The van der Waals surface area contributed by atoms with E-state index in [4.69, 9.17) is 21.4 Å². The van der Waals surface area contributed by atoms with Crippen LogP contribution in [0.1, 0.15) is 67.8 Å². The Labute approximate surface area is 250 Å². The largest absolute Gasteiger partial charge is 0.444 e. The minimum absolute atomic E-state index is 0.0581. The number of aryl methyl sites for hydroxylation is 1. The number of carbonyl (C=O) groups excluding carboxylic acids is 2. The molecule has 0 radical (unpaired) electrons. The van der Waals surface area contributed by atoms with Crippen molar-refractivity contribution in [1.82, 2.24) is 24.8 Å². The number of aromatic nitrogens is 3. The first-order valence-corrected chi connectivity index (χ1v) is 16.1. The molecule has 42 heavy (non-hydrogen) atoms. The fourth-order valence-electron chi connectivity index (χ4n) is 5.34. The van der Waals surface area contributed by atoms with E-state index in [1.807, 2.05) is 39.8 Å². The molecule has 2 aliphatic heterocycles. The topological polar surface area (TPSA) is 138 Å². The highest BCUT2D eigenvalue weighted by Gasteiger charge is 2.34. The summed E-state index contributed by atoms with van der Waals surface area (Å²) >= 11 is 6.22. The summed E-state index contributed by atoms with van der Waals surface area (Å²) in [6.07, 6.45) is 3.02. The number of ether oxygens (including phenoxy) is 1. The van der Waals surface area contributed by atoms with Crippen molar-refractivity contribution in [2.24, 2.45) is 0 Å². The number of nitrogens with one attached hydrogen (secondary N) is 2. The monoisotopic (exact) mass is 617 g/mol. The van der Waals surface area contributed by atoms with Gasteiger partial charge in [-0.25, -0.2) is 18.2 Å². The number of sulfonamides is 1. The zero-order chi connectivity index (χ0) is 30.4. The first kappa shape index (κ1) is 29.9. The maximum Gasteiger partial charge on any atom is 0.407 e. The lowest BCUT2D eigenvalue weighted by atomic mass is 9.98. The molecule has 2 saturated heterocycles. The number of likely N-dealkylation sites (tertiary alicyclic amines) is 1. The van der Waals surface area contributed by atoms with Crippen LogP contribution < -0.4 is 14.9 Å². The summed E-state index contributed by atoms with van der Waals surface area (Å²) in [5.74, 6) is 0.516. The second-order valence-corrected chi connectivity index (χ2v) is 14.1. The summed E-state index contributed by atoms with van der Waals surface area (Å²) in [5, 5.41) is 8.14. The van der Waals surface area contributed by atoms with Gasteiger partial charge in [0, 0.05) is 42.5 Å². The van der Waals surface area contributed by atoms with Crippen molar-refractivity contribution < 1.29 is 22.7 Å². The van der Waals surface area contributed by atoms with Crippen molar-refractivity contribution in [3.63, 3.8) is 0 Å². The molecule has 0 aliphatic carbocycles. The summed E-state index contributed by atoms with van der Waals surface area (Å²) in [6, 6.07) is 7.99. The van der Waals surface area contributed by atoms with Crippen LogP contribution in [0.15, 0.2) is 30.3 Å². The van der Waals surface area contributed by atoms with Crippen LogP contribution in [0.5, 0.6) is 0 Å². The highest BCUT2D eigenvalue weighted by molar-refractivity contribution is 7.92. The Bertz CT molecular complexity index is 1630. The van der Waals surface area contributed by atoms with E-state index in [9.17, 15) is 18.0 Å². The highest BCUT2D eigenvalue weighted by atomic mass is 35.5. The molecule has 2 aromatic heterocycles. The predicted molar refractivity (Wildman–Crippen MR) is 161 cm³/mol. The molecule has 0 saturated carbocycles. The lowest BCUT2D eigenvalue weighted by Gasteiger charge is -2.41. The van der Waals surface area contributed by atoms with Gasteiger partial charge in [-0.15, -0.1) is 0 Å². The zero-order valence-electron chi connectivity index (χ0n) is 24.3. The number of fused-ring (bicyclic) bond motifs is 1. The fourth-order valence-corrected chi connectivity index (χ4v) is 6.09. The first-order chi connectivity index (χ1) is 19.7. The second kappa shape index (κ2) is 11.3. The number of amides is 2. The Morgan fingerprint density at radius 3 is 2.55 bits per heavy atom. The average Bonchev–Trinajstić information content (AvgIpc) is 3.28. The number of halogens is 1. The molecule has 1 unspecified atom stereocenters. The van der Waals surface area contributed by atoms with Gasteiger partial charge < -0.3 is 19.9 Å². The number of benzene rings is 1. The molecule has 14 heteroatoms. The molecule has 1 aromatic carbocycles. The first-order valence-electron chi connectivity index (χ1n) is 13.9. The minimum Gasteiger partial charge on any atom is -0.444 e. The van der Waals surface area contributed by atoms with Crippen molar-refractivity contribution in [3.05, 3.63) is 52.3 Å². The molecule has 3 aromatic rings. The molecular formula is C28H36ClN7O5S. The van der Waals surface area contributed by atoms with Crippen LogP contribution in [0.25, 0.3) is 5.65 Å². The molecule has 0 spiro atoms. The normalized spacial score (nSPS) is 18.1. The summed E-state index contributed by atoms with van der Waals surface area (Å²) in [4.78, 5) is 34.6. The van der Waals surface area contributed by atoms with Gasteiger partial charge in [0.25, 0.3) is 5.91 Å². The maximum atomic E-state index is 13.9. The Morgan fingerprint density at radius 2 is 1.86 bits per heavy atom. The predicted octanol–water partition coefficient (Wildman–Crippen LogP) is 4.14. The van der Waals surface area contributed by atoms with Crippen LogP contribution in [0.3, 0.4) is 0 Å². The van der Waals surface area contributed by atoms with Crippen molar-refractivity contribution in [1.29, 1.82) is 0 Å². The second-order valence-electron chi connectivity index (χ2n) is 11.9. The molecule has 12 nitrogen and oxygen atoms in total. The highest BCUT2D eigenvalue weighted by Crippen LogP contribution is 2.35. The van der Waals surface area contributed by atoms with Crippen molar-refractivity contribution >= 4 is 50.8 Å². The Balaban J connectivity index is 1.40. The van der Waals surface area contributed by atoms with E-state index in [2.05, 4.69) is 19.9 Å². The lowest BCUT2D eigenvalue weighted by Crippen LogP contribution is -2.60. The number of rotatable bonds is 6. The summed E-state index contributed by atoms with van der Waals surface area (Å²) < 4.78 is 33.5. The smallest absolute Gasteiger partial charge is 0.407 e. The molecular weight excluding hydrogens is 582 g/mol. The standard InChI is InChI=1S/C28H36ClN7O5S/c1-17-12-25(34-15-19(16-34)31-27(38)41-28(2,3)4)36-24(30-17)14-22(32-36)23-8-6-7-11-35(23)26(37)20-13-18(29)9-10-21(20)33-42(5,39)40/h9-10,12-14,19,23,33H,6-8,11,15-16H2,1-5H3,(H,31,38). The van der Waals surface area contributed by atoms with Gasteiger partial charge in [-0.2, -0.15) is 9.61 Å². The number of anilines is 2. The van der Waals surface area contributed by atoms with Crippen LogP contribution in [0.4, 0.5) is 16.3 Å². The SMILES string of the molecule is Cc1cc(N2CC(NC(=O)OC(C)(C)C)C2)n2nc(C3CCCCN3C(=O)c3cc(Cl)ccc3NS(C)(=O)=O)cc2n1. The third kappa shape index (κ3) is 6.73. The molecule has 226 valence electrons. The molecule has 2 N–H and O–H groups in total. The van der Waals surface area contributed by atoms with Crippen molar-refractivity contribution in [2.45, 2.75) is 64.6 Å². The Morgan fingerprint density at radius 1 is 1.12 bits per heavy atom. The minimum atomic E-state index is -3.62. The van der Waals surface area contributed by atoms with E-state index in [0.29, 0.717) is 42.4 Å². The van der Waals surface area contributed by atoms with Crippen LogP contribution in [-0.4, -0.2) is 77.4 Å². The van der Waals surface area contributed by atoms with E-state index in [1.165, 1.54) is 12.1 Å². The molecule has 4 heterocycles.